The van der Waals surface area contributed by atoms with Crippen molar-refractivity contribution in [1.82, 2.24) is 0 Å². The second kappa shape index (κ2) is 4.71. The Morgan fingerprint density at radius 1 is 1.44 bits per heavy atom. The van der Waals surface area contributed by atoms with Gasteiger partial charge in [-0.05, 0) is 37.8 Å². The molecule has 2 heteroatoms. The summed E-state index contributed by atoms with van der Waals surface area (Å²) in [5.41, 5.74) is 3.77. The number of aliphatic hydroxyl groups is 1. The maximum Gasteiger partial charge on any atom is 0.122 e. The molecular formula is C14H18O2. The minimum absolute atomic E-state index is 0.245. The third-order valence-electron chi connectivity index (χ3n) is 3.04. The first kappa shape index (κ1) is 11.2. The standard InChI is InChI=1S/C14H18O2/c1-10-3-6-14(16-2)12(7-10)8-11-4-5-13(15)9-11/h3,6-7,9,13,15H,4-5,8H2,1-2H3. The smallest absolute Gasteiger partial charge is 0.122 e. The molecule has 0 radical (unpaired) electrons. The molecule has 1 unspecified atom stereocenters. The highest BCUT2D eigenvalue weighted by Gasteiger charge is 2.14. The summed E-state index contributed by atoms with van der Waals surface area (Å²) in [7, 11) is 1.70. The summed E-state index contributed by atoms with van der Waals surface area (Å²) in [6, 6.07) is 6.22. The zero-order valence-corrected chi connectivity index (χ0v) is 9.86. The SMILES string of the molecule is COc1ccc(C)cc1CC1=CC(O)CC1. The first-order valence-electron chi connectivity index (χ1n) is 5.70. The molecule has 0 saturated heterocycles. The topological polar surface area (TPSA) is 29.5 Å². The van der Waals surface area contributed by atoms with Gasteiger partial charge < -0.3 is 9.84 Å². The second-order valence-corrected chi connectivity index (χ2v) is 4.42. The minimum Gasteiger partial charge on any atom is -0.496 e. The van der Waals surface area contributed by atoms with Crippen LogP contribution in [0, 0.1) is 6.92 Å². The number of allylic oxidation sites excluding steroid dienone is 1. The first-order valence-corrected chi connectivity index (χ1v) is 5.70. The molecule has 0 heterocycles. The third-order valence-corrected chi connectivity index (χ3v) is 3.04. The van der Waals surface area contributed by atoms with Crippen molar-refractivity contribution in [2.45, 2.75) is 32.3 Å². The number of methoxy groups -OCH3 is 1. The van der Waals surface area contributed by atoms with E-state index in [9.17, 15) is 5.11 Å². The Bertz CT molecular complexity index is 407. The number of rotatable bonds is 3. The van der Waals surface area contributed by atoms with Gasteiger partial charge in [-0.1, -0.05) is 29.3 Å². The van der Waals surface area contributed by atoms with Crippen LogP contribution in [-0.2, 0) is 6.42 Å². The van der Waals surface area contributed by atoms with Crippen molar-refractivity contribution in [3.05, 3.63) is 41.0 Å². The average Bonchev–Trinajstić information content (AvgIpc) is 2.64. The van der Waals surface area contributed by atoms with Crippen LogP contribution in [0.2, 0.25) is 0 Å². The van der Waals surface area contributed by atoms with Gasteiger partial charge in [-0.15, -0.1) is 0 Å². The van der Waals surface area contributed by atoms with E-state index < -0.39 is 0 Å². The van der Waals surface area contributed by atoms with Gasteiger partial charge >= 0.3 is 0 Å². The Morgan fingerprint density at radius 3 is 2.88 bits per heavy atom. The molecule has 0 aromatic heterocycles. The fraction of sp³-hybridized carbons (Fsp3) is 0.429. The number of hydrogen-bond acceptors (Lipinski definition) is 2. The van der Waals surface area contributed by atoms with Crippen LogP contribution in [0.25, 0.3) is 0 Å². The Hall–Kier alpha value is -1.28. The van der Waals surface area contributed by atoms with Crippen LogP contribution in [0.15, 0.2) is 29.8 Å². The van der Waals surface area contributed by atoms with Gasteiger partial charge in [0.05, 0.1) is 13.2 Å². The van der Waals surface area contributed by atoms with E-state index in [1.807, 2.05) is 12.1 Å². The minimum atomic E-state index is -0.245. The molecule has 1 aliphatic rings. The van der Waals surface area contributed by atoms with Gasteiger partial charge in [0.15, 0.2) is 0 Å². The molecule has 1 aliphatic carbocycles. The molecule has 1 atom stereocenters. The molecule has 1 N–H and O–H groups in total. The highest BCUT2D eigenvalue weighted by atomic mass is 16.5. The molecule has 0 amide bonds. The number of benzene rings is 1. The summed E-state index contributed by atoms with van der Waals surface area (Å²) in [6.45, 7) is 2.08. The quantitative estimate of drug-likeness (QED) is 0.790. The van der Waals surface area contributed by atoms with Gasteiger partial charge in [-0.2, -0.15) is 0 Å². The van der Waals surface area contributed by atoms with Crippen LogP contribution in [0.5, 0.6) is 5.75 Å². The maximum absolute atomic E-state index is 9.45. The van der Waals surface area contributed by atoms with Crippen LogP contribution < -0.4 is 4.74 Å². The number of hydrogen-bond donors (Lipinski definition) is 1. The largest absolute Gasteiger partial charge is 0.496 e. The van der Waals surface area contributed by atoms with Crippen molar-refractivity contribution in [3.8, 4) is 5.75 Å². The van der Waals surface area contributed by atoms with Gasteiger partial charge in [0.1, 0.15) is 5.75 Å². The average molecular weight is 218 g/mol. The van der Waals surface area contributed by atoms with Crippen molar-refractivity contribution in [3.63, 3.8) is 0 Å². The molecule has 0 fully saturated rings. The van der Waals surface area contributed by atoms with Gasteiger partial charge in [-0.25, -0.2) is 0 Å². The molecule has 0 aliphatic heterocycles. The summed E-state index contributed by atoms with van der Waals surface area (Å²) < 4.78 is 5.35. The van der Waals surface area contributed by atoms with Crippen molar-refractivity contribution in [2.75, 3.05) is 7.11 Å². The van der Waals surface area contributed by atoms with Crippen molar-refractivity contribution < 1.29 is 9.84 Å². The lowest BCUT2D eigenvalue weighted by Crippen LogP contribution is -1.95. The third kappa shape index (κ3) is 2.45. The van der Waals surface area contributed by atoms with Crippen LogP contribution in [0.1, 0.15) is 24.0 Å². The van der Waals surface area contributed by atoms with Gasteiger partial charge in [0, 0.05) is 0 Å². The van der Waals surface area contributed by atoms with Gasteiger partial charge in [-0.3, -0.25) is 0 Å². The van der Waals surface area contributed by atoms with E-state index in [4.69, 9.17) is 4.74 Å². The van der Waals surface area contributed by atoms with E-state index in [0.29, 0.717) is 0 Å². The van der Waals surface area contributed by atoms with E-state index in [0.717, 1.165) is 25.0 Å². The normalized spacial score (nSPS) is 19.7. The number of aliphatic hydroxyl groups excluding tert-OH is 1. The zero-order valence-electron chi connectivity index (χ0n) is 9.86. The van der Waals surface area contributed by atoms with Gasteiger partial charge in [0.2, 0.25) is 0 Å². The summed E-state index contributed by atoms with van der Waals surface area (Å²) in [5.74, 6) is 0.938. The predicted octanol–water partition coefficient (Wildman–Crippen LogP) is 2.63. The molecule has 0 spiro atoms. The summed E-state index contributed by atoms with van der Waals surface area (Å²) in [6.07, 6.45) is 4.48. The Morgan fingerprint density at radius 2 is 2.25 bits per heavy atom. The lowest BCUT2D eigenvalue weighted by atomic mass is 10.0. The number of ether oxygens (including phenoxy) is 1. The molecule has 0 bridgehead atoms. The molecule has 86 valence electrons. The van der Waals surface area contributed by atoms with Crippen molar-refractivity contribution in [1.29, 1.82) is 0 Å². The molecule has 2 nitrogen and oxygen atoms in total. The highest BCUT2D eigenvalue weighted by Crippen LogP contribution is 2.27. The molecule has 1 aromatic rings. The zero-order chi connectivity index (χ0) is 11.5. The Kier molecular flexibility index (Phi) is 3.30. The van der Waals surface area contributed by atoms with Crippen molar-refractivity contribution in [2.24, 2.45) is 0 Å². The highest BCUT2D eigenvalue weighted by molar-refractivity contribution is 5.40. The summed E-state index contributed by atoms with van der Waals surface area (Å²) in [4.78, 5) is 0. The molecular weight excluding hydrogens is 200 g/mol. The molecule has 16 heavy (non-hydrogen) atoms. The van der Waals surface area contributed by atoms with E-state index in [2.05, 4.69) is 19.1 Å². The summed E-state index contributed by atoms with van der Waals surface area (Å²) in [5, 5.41) is 9.45. The van der Waals surface area contributed by atoms with Crippen molar-refractivity contribution >= 4 is 0 Å². The summed E-state index contributed by atoms with van der Waals surface area (Å²) >= 11 is 0. The number of aryl methyl sites for hydroxylation is 1. The molecule has 1 aromatic carbocycles. The Balaban J connectivity index is 2.20. The van der Waals surface area contributed by atoms with Crippen LogP contribution >= 0.6 is 0 Å². The molecule has 2 rings (SSSR count). The van der Waals surface area contributed by atoms with E-state index in [1.54, 1.807) is 7.11 Å². The van der Waals surface area contributed by atoms with E-state index in [1.165, 1.54) is 16.7 Å². The van der Waals surface area contributed by atoms with Gasteiger partial charge in [0.25, 0.3) is 0 Å². The lowest BCUT2D eigenvalue weighted by Gasteiger charge is -2.09. The van der Waals surface area contributed by atoms with E-state index in [-0.39, 0.29) is 6.10 Å². The first-order chi connectivity index (χ1) is 7.69. The predicted molar refractivity (Wildman–Crippen MR) is 64.8 cm³/mol. The fourth-order valence-electron chi connectivity index (χ4n) is 2.21. The lowest BCUT2D eigenvalue weighted by molar-refractivity contribution is 0.223. The maximum atomic E-state index is 9.45. The van der Waals surface area contributed by atoms with Crippen LogP contribution in [-0.4, -0.2) is 18.3 Å². The molecule has 0 saturated carbocycles. The Labute approximate surface area is 96.6 Å². The van der Waals surface area contributed by atoms with Crippen LogP contribution in [0.3, 0.4) is 0 Å². The fourth-order valence-corrected chi connectivity index (χ4v) is 2.21. The van der Waals surface area contributed by atoms with E-state index >= 15 is 0 Å². The van der Waals surface area contributed by atoms with Crippen LogP contribution in [0.4, 0.5) is 0 Å². The monoisotopic (exact) mass is 218 g/mol. The second-order valence-electron chi connectivity index (χ2n) is 4.42.